The molecule has 118 valence electrons. The molecule has 3 aromatic rings. The monoisotopic (exact) mass is 316 g/mol. The first-order chi connectivity index (χ1) is 11.9. The van der Waals surface area contributed by atoms with Gasteiger partial charge in [0.1, 0.15) is 0 Å². The van der Waals surface area contributed by atoms with Gasteiger partial charge in [0.2, 0.25) is 6.79 Å². The maximum Gasteiger partial charge on any atom is 0.231 e. The van der Waals surface area contributed by atoms with E-state index in [2.05, 4.69) is 24.3 Å². The maximum absolute atomic E-state index is 11.7. The number of benzene rings is 3. The Kier molecular flexibility index (Phi) is 3.75. The van der Waals surface area contributed by atoms with Gasteiger partial charge >= 0.3 is 0 Å². The lowest BCUT2D eigenvalue weighted by molar-refractivity contribution is 0.112. The van der Waals surface area contributed by atoms with Crippen molar-refractivity contribution >= 4 is 6.29 Å². The molecule has 0 aromatic heterocycles. The molecule has 3 aromatic carbocycles. The third-order valence-corrected chi connectivity index (χ3v) is 4.28. The molecule has 1 aliphatic rings. The molecule has 0 atom stereocenters. The van der Waals surface area contributed by atoms with Gasteiger partial charge in [-0.3, -0.25) is 4.79 Å². The zero-order valence-electron chi connectivity index (χ0n) is 13.0. The van der Waals surface area contributed by atoms with Gasteiger partial charge in [0.25, 0.3) is 0 Å². The largest absolute Gasteiger partial charge is 0.454 e. The van der Waals surface area contributed by atoms with Crippen molar-refractivity contribution in [1.29, 1.82) is 0 Å². The Morgan fingerprint density at radius 3 is 1.88 bits per heavy atom. The average molecular weight is 316 g/mol. The van der Waals surface area contributed by atoms with Crippen LogP contribution in [0.5, 0.6) is 11.5 Å². The Bertz CT molecular complexity index is 818. The molecule has 3 heteroatoms. The summed E-state index contributed by atoms with van der Waals surface area (Å²) < 4.78 is 10.9. The normalized spacial score (nSPS) is 12.4. The van der Waals surface area contributed by atoms with E-state index >= 15 is 0 Å². The van der Waals surface area contributed by atoms with Crippen molar-refractivity contribution < 1.29 is 14.3 Å². The highest BCUT2D eigenvalue weighted by atomic mass is 16.7. The van der Waals surface area contributed by atoms with E-state index in [1.165, 1.54) is 0 Å². The van der Waals surface area contributed by atoms with E-state index in [1.54, 1.807) is 6.07 Å². The van der Waals surface area contributed by atoms with E-state index in [4.69, 9.17) is 9.47 Å². The Hall–Kier alpha value is -3.07. The van der Waals surface area contributed by atoms with Gasteiger partial charge in [0.15, 0.2) is 17.8 Å². The molecule has 4 rings (SSSR count). The van der Waals surface area contributed by atoms with Crippen molar-refractivity contribution in [2.75, 3.05) is 6.79 Å². The van der Waals surface area contributed by atoms with Crippen LogP contribution in [0.1, 0.15) is 33.0 Å². The van der Waals surface area contributed by atoms with Gasteiger partial charge in [-0.1, -0.05) is 60.7 Å². The molecular weight excluding hydrogens is 300 g/mol. The molecule has 0 fully saturated rings. The van der Waals surface area contributed by atoms with Gasteiger partial charge < -0.3 is 9.47 Å². The summed E-state index contributed by atoms with van der Waals surface area (Å²) in [7, 11) is 0. The Balaban J connectivity index is 1.93. The van der Waals surface area contributed by atoms with Crippen LogP contribution in [0.25, 0.3) is 0 Å². The van der Waals surface area contributed by atoms with Crippen LogP contribution in [0.3, 0.4) is 0 Å². The molecule has 0 N–H and O–H groups in total. The number of rotatable bonds is 4. The second kappa shape index (κ2) is 6.20. The highest BCUT2D eigenvalue weighted by Crippen LogP contribution is 2.40. The highest BCUT2D eigenvalue weighted by molar-refractivity contribution is 5.80. The van der Waals surface area contributed by atoms with Gasteiger partial charge in [-0.05, 0) is 28.8 Å². The van der Waals surface area contributed by atoms with Crippen molar-refractivity contribution in [2.24, 2.45) is 0 Å². The average Bonchev–Trinajstić information content (AvgIpc) is 3.10. The van der Waals surface area contributed by atoms with Gasteiger partial charge in [-0.2, -0.15) is 0 Å². The third kappa shape index (κ3) is 2.54. The summed E-state index contributed by atoms with van der Waals surface area (Å²) in [5.41, 5.74) is 3.81. The molecule has 1 aliphatic heterocycles. The fourth-order valence-electron chi connectivity index (χ4n) is 3.17. The zero-order chi connectivity index (χ0) is 16.4. The SMILES string of the molecule is O=Cc1cc2c(cc1C(c1ccccc1)c1ccccc1)OCO2. The summed E-state index contributed by atoms with van der Waals surface area (Å²) in [6.45, 7) is 0.193. The number of hydrogen-bond acceptors (Lipinski definition) is 3. The van der Waals surface area contributed by atoms with Crippen LogP contribution in [0.4, 0.5) is 0 Å². The molecule has 3 nitrogen and oxygen atoms in total. The Labute approximate surface area is 140 Å². The van der Waals surface area contributed by atoms with Crippen LogP contribution < -0.4 is 9.47 Å². The first-order valence-electron chi connectivity index (χ1n) is 7.85. The molecule has 0 bridgehead atoms. The fourth-order valence-corrected chi connectivity index (χ4v) is 3.17. The summed E-state index contributed by atoms with van der Waals surface area (Å²) in [6.07, 6.45) is 0.885. The number of ether oxygens (including phenoxy) is 2. The minimum absolute atomic E-state index is 0.0397. The molecule has 0 unspecified atom stereocenters. The van der Waals surface area contributed by atoms with Gasteiger partial charge in [0.05, 0.1) is 0 Å². The summed E-state index contributed by atoms with van der Waals surface area (Å²) in [4.78, 5) is 11.7. The van der Waals surface area contributed by atoms with Crippen LogP contribution in [0.2, 0.25) is 0 Å². The lowest BCUT2D eigenvalue weighted by Crippen LogP contribution is -2.06. The second-order valence-electron chi connectivity index (χ2n) is 5.71. The van der Waals surface area contributed by atoms with Crippen molar-refractivity contribution in [1.82, 2.24) is 0 Å². The molecule has 0 saturated heterocycles. The lowest BCUT2D eigenvalue weighted by atomic mass is 9.83. The maximum atomic E-state index is 11.7. The third-order valence-electron chi connectivity index (χ3n) is 4.28. The topological polar surface area (TPSA) is 35.5 Å². The van der Waals surface area contributed by atoms with E-state index in [9.17, 15) is 4.79 Å². The summed E-state index contributed by atoms with van der Waals surface area (Å²) in [5.74, 6) is 1.27. The Morgan fingerprint density at radius 2 is 1.33 bits per heavy atom. The molecule has 1 heterocycles. The van der Waals surface area contributed by atoms with Crippen molar-refractivity contribution in [3.8, 4) is 11.5 Å². The van der Waals surface area contributed by atoms with Crippen molar-refractivity contribution in [2.45, 2.75) is 5.92 Å². The quantitative estimate of drug-likeness (QED) is 0.528. The minimum atomic E-state index is -0.0397. The van der Waals surface area contributed by atoms with Crippen LogP contribution in [-0.4, -0.2) is 13.1 Å². The molecule has 0 spiro atoms. The summed E-state index contributed by atoms with van der Waals surface area (Å²) in [5, 5.41) is 0. The molecule has 0 amide bonds. The summed E-state index contributed by atoms with van der Waals surface area (Å²) in [6, 6.07) is 24.1. The smallest absolute Gasteiger partial charge is 0.231 e. The predicted octanol–water partition coefficient (Wildman–Crippen LogP) is 4.41. The molecule has 0 aliphatic carbocycles. The molecule has 24 heavy (non-hydrogen) atoms. The van der Waals surface area contributed by atoms with Crippen LogP contribution in [-0.2, 0) is 0 Å². The van der Waals surface area contributed by atoms with E-state index in [0.29, 0.717) is 17.1 Å². The number of hydrogen-bond donors (Lipinski definition) is 0. The highest BCUT2D eigenvalue weighted by Gasteiger charge is 2.24. The Morgan fingerprint density at radius 1 is 0.792 bits per heavy atom. The van der Waals surface area contributed by atoms with E-state index in [0.717, 1.165) is 23.0 Å². The standard InChI is InChI=1S/C21H16O3/c22-13-17-11-19-20(24-14-23-19)12-18(17)21(15-7-3-1-4-8-15)16-9-5-2-6-10-16/h1-13,21H,14H2. The first kappa shape index (κ1) is 14.5. The number of carbonyl (C=O) groups is 1. The van der Waals surface area contributed by atoms with Gasteiger partial charge in [-0.25, -0.2) is 0 Å². The van der Waals surface area contributed by atoms with Crippen LogP contribution in [0.15, 0.2) is 72.8 Å². The van der Waals surface area contributed by atoms with Crippen molar-refractivity contribution in [3.63, 3.8) is 0 Å². The number of carbonyl (C=O) groups excluding carboxylic acids is 1. The number of aldehydes is 1. The van der Waals surface area contributed by atoms with Gasteiger partial charge in [0, 0.05) is 11.5 Å². The molecular formula is C21H16O3. The number of fused-ring (bicyclic) bond motifs is 1. The van der Waals surface area contributed by atoms with E-state index in [1.807, 2.05) is 42.5 Å². The lowest BCUT2D eigenvalue weighted by Gasteiger charge is -2.21. The van der Waals surface area contributed by atoms with Crippen molar-refractivity contribution in [3.05, 3.63) is 95.1 Å². The van der Waals surface area contributed by atoms with E-state index in [-0.39, 0.29) is 12.7 Å². The first-order valence-corrected chi connectivity index (χ1v) is 7.85. The fraction of sp³-hybridized carbons (Fsp3) is 0.0952. The minimum Gasteiger partial charge on any atom is -0.454 e. The van der Waals surface area contributed by atoms with Crippen LogP contribution >= 0.6 is 0 Å². The molecule has 0 saturated carbocycles. The van der Waals surface area contributed by atoms with Crippen LogP contribution in [0, 0.1) is 0 Å². The molecule has 0 radical (unpaired) electrons. The van der Waals surface area contributed by atoms with Gasteiger partial charge in [-0.15, -0.1) is 0 Å². The van der Waals surface area contributed by atoms with E-state index < -0.39 is 0 Å². The second-order valence-corrected chi connectivity index (χ2v) is 5.71. The predicted molar refractivity (Wildman–Crippen MR) is 91.8 cm³/mol. The summed E-state index contributed by atoms with van der Waals surface area (Å²) >= 11 is 0. The zero-order valence-corrected chi connectivity index (χ0v) is 13.0.